The Balaban J connectivity index is 2.43. The van der Waals surface area contributed by atoms with E-state index in [1.807, 2.05) is 60.7 Å². The van der Waals surface area contributed by atoms with Crippen LogP contribution in [0.2, 0.25) is 0 Å². The zero-order valence-electron chi connectivity index (χ0n) is 8.62. The van der Waals surface area contributed by atoms with Crippen molar-refractivity contribution in [1.82, 2.24) is 0 Å². The van der Waals surface area contributed by atoms with Crippen molar-refractivity contribution in [2.24, 2.45) is 4.88 Å². The SMILES string of the molecule is [N-]=[N+]=N[PH+](c1ccccc1)c1ccccc1. The zero-order valence-corrected chi connectivity index (χ0v) is 9.62. The van der Waals surface area contributed by atoms with Crippen LogP contribution in [0.5, 0.6) is 0 Å². The summed E-state index contributed by atoms with van der Waals surface area (Å²) in [5.74, 6) is 0. The Kier molecular flexibility index (Phi) is 3.55. The van der Waals surface area contributed by atoms with E-state index in [1.165, 1.54) is 0 Å². The Morgan fingerprint density at radius 2 is 1.25 bits per heavy atom. The maximum absolute atomic E-state index is 8.64. The topological polar surface area (TPSA) is 48.8 Å². The van der Waals surface area contributed by atoms with E-state index in [-0.39, 0.29) is 0 Å². The molecule has 0 fully saturated rings. The molecule has 0 spiro atoms. The van der Waals surface area contributed by atoms with Gasteiger partial charge in [-0.3, -0.25) is 0 Å². The summed E-state index contributed by atoms with van der Waals surface area (Å²) in [6.45, 7) is 0. The van der Waals surface area contributed by atoms with Crippen molar-refractivity contribution in [2.45, 2.75) is 0 Å². The maximum Gasteiger partial charge on any atom is 0.178 e. The van der Waals surface area contributed by atoms with Crippen molar-refractivity contribution in [1.29, 1.82) is 0 Å². The van der Waals surface area contributed by atoms with Crippen molar-refractivity contribution >= 4 is 18.7 Å². The van der Waals surface area contributed by atoms with Crippen LogP contribution >= 0.6 is 8.07 Å². The summed E-state index contributed by atoms with van der Waals surface area (Å²) in [6.07, 6.45) is 0. The van der Waals surface area contributed by atoms with Crippen LogP contribution in [0.15, 0.2) is 65.5 Å². The molecule has 0 amide bonds. The predicted octanol–water partition coefficient (Wildman–Crippen LogP) is 3.08. The number of rotatable bonds is 3. The van der Waals surface area contributed by atoms with Gasteiger partial charge in [-0.25, -0.2) is 0 Å². The standard InChI is InChI=1S/C12H10N3P/c13-14-15-16(11-7-3-1-4-8-11)12-9-5-2-6-10-12/h1-10H/p+1. The van der Waals surface area contributed by atoms with Gasteiger partial charge in [0.2, 0.25) is 0 Å². The lowest BCUT2D eigenvalue weighted by molar-refractivity contribution is 1.70. The lowest BCUT2D eigenvalue weighted by Gasteiger charge is -2.01. The Labute approximate surface area is 95.2 Å². The van der Waals surface area contributed by atoms with E-state index >= 15 is 0 Å². The number of azide groups is 1. The van der Waals surface area contributed by atoms with E-state index in [0.29, 0.717) is 0 Å². The molecule has 0 aliphatic carbocycles. The number of hydrogen-bond donors (Lipinski definition) is 0. The van der Waals surface area contributed by atoms with Crippen LogP contribution in [-0.4, -0.2) is 0 Å². The maximum atomic E-state index is 8.64. The molecule has 0 bridgehead atoms. The third-order valence-electron chi connectivity index (χ3n) is 2.24. The second-order valence-corrected chi connectivity index (χ2v) is 5.32. The minimum atomic E-state index is -1.34. The number of benzene rings is 2. The first-order chi connectivity index (χ1) is 7.92. The highest BCUT2D eigenvalue weighted by molar-refractivity contribution is 7.71. The van der Waals surface area contributed by atoms with E-state index in [1.54, 1.807) is 0 Å². The molecule has 4 heteroatoms. The molecule has 0 unspecified atom stereocenters. The monoisotopic (exact) mass is 228 g/mol. The Hall–Kier alpha value is -1.82. The highest BCUT2D eigenvalue weighted by Crippen LogP contribution is 2.34. The molecule has 0 aliphatic rings. The second kappa shape index (κ2) is 5.32. The molecule has 0 aromatic heterocycles. The molecule has 3 nitrogen and oxygen atoms in total. The Morgan fingerprint density at radius 3 is 1.62 bits per heavy atom. The van der Waals surface area contributed by atoms with Crippen molar-refractivity contribution in [2.75, 3.05) is 0 Å². The molecule has 0 saturated carbocycles. The Bertz CT molecular complexity index is 453. The molecule has 2 aromatic carbocycles. The van der Waals surface area contributed by atoms with Gasteiger partial charge < -0.3 is 0 Å². The first kappa shape index (κ1) is 10.7. The predicted molar refractivity (Wildman–Crippen MR) is 69.6 cm³/mol. The summed E-state index contributed by atoms with van der Waals surface area (Å²) in [7, 11) is -1.34. The third kappa shape index (κ3) is 2.40. The average Bonchev–Trinajstić information content (AvgIpc) is 2.38. The van der Waals surface area contributed by atoms with Crippen LogP contribution in [0.25, 0.3) is 10.4 Å². The normalized spacial score (nSPS) is 9.81. The second-order valence-electron chi connectivity index (χ2n) is 3.27. The Morgan fingerprint density at radius 1 is 0.812 bits per heavy atom. The molecule has 0 radical (unpaired) electrons. The highest BCUT2D eigenvalue weighted by Gasteiger charge is 2.20. The van der Waals surface area contributed by atoms with Crippen LogP contribution in [0.3, 0.4) is 0 Å². The van der Waals surface area contributed by atoms with Crippen molar-refractivity contribution in [3.63, 3.8) is 0 Å². The average molecular weight is 228 g/mol. The molecule has 0 heterocycles. The summed E-state index contributed by atoms with van der Waals surface area (Å²) in [4.78, 5) is 6.91. The molecule has 0 atom stereocenters. The minimum Gasteiger partial charge on any atom is -0.0620 e. The molecule has 2 rings (SSSR count). The molecule has 0 N–H and O–H groups in total. The van der Waals surface area contributed by atoms with Crippen molar-refractivity contribution in [3.05, 3.63) is 71.1 Å². The largest absolute Gasteiger partial charge is 0.178 e. The van der Waals surface area contributed by atoms with Gasteiger partial charge in [0, 0.05) is 4.91 Å². The molecule has 0 aliphatic heterocycles. The van der Waals surface area contributed by atoms with Gasteiger partial charge in [0.05, 0.1) is 4.88 Å². The lowest BCUT2D eigenvalue weighted by atomic mass is 10.4. The fraction of sp³-hybridized carbons (Fsp3) is 0. The van der Waals surface area contributed by atoms with E-state index in [2.05, 4.69) is 9.80 Å². The molecule has 78 valence electrons. The molecule has 0 saturated heterocycles. The van der Waals surface area contributed by atoms with E-state index < -0.39 is 8.07 Å². The summed E-state index contributed by atoms with van der Waals surface area (Å²) < 4.78 is 0. The van der Waals surface area contributed by atoms with Crippen LogP contribution in [0.4, 0.5) is 0 Å². The smallest absolute Gasteiger partial charge is 0.0620 e. The van der Waals surface area contributed by atoms with E-state index in [0.717, 1.165) is 10.6 Å². The molecule has 16 heavy (non-hydrogen) atoms. The third-order valence-corrected chi connectivity index (χ3v) is 4.29. The van der Waals surface area contributed by atoms with Gasteiger partial charge in [0.1, 0.15) is 10.6 Å². The van der Waals surface area contributed by atoms with Gasteiger partial charge in [-0.15, -0.1) is 0 Å². The van der Waals surface area contributed by atoms with Gasteiger partial charge in [-0.1, -0.05) is 36.4 Å². The lowest BCUT2D eigenvalue weighted by Crippen LogP contribution is -2.08. The first-order valence-electron chi connectivity index (χ1n) is 4.94. The molecular formula is C12H11N3P+. The van der Waals surface area contributed by atoms with Gasteiger partial charge in [0.25, 0.3) is 0 Å². The fourth-order valence-electron chi connectivity index (χ4n) is 1.52. The van der Waals surface area contributed by atoms with E-state index in [9.17, 15) is 0 Å². The summed E-state index contributed by atoms with van der Waals surface area (Å²) >= 11 is 0. The quantitative estimate of drug-likeness (QED) is 0.335. The van der Waals surface area contributed by atoms with Crippen molar-refractivity contribution < 1.29 is 0 Å². The van der Waals surface area contributed by atoms with Crippen LogP contribution in [-0.2, 0) is 0 Å². The summed E-state index contributed by atoms with van der Waals surface area (Å²) in [5, 5.41) is 2.22. The summed E-state index contributed by atoms with van der Waals surface area (Å²) in [5.41, 5.74) is 8.64. The minimum absolute atomic E-state index is 1.11. The first-order valence-corrected chi connectivity index (χ1v) is 6.39. The zero-order chi connectivity index (χ0) is 11.2. The van der Waals surface area contributed by atoms with Crippen LogP contribution < -0.4 is 10.6 Å². The highest BCUT2D eigenvalue weighted by atomic mass is 31.1. The number of nitrogens with zero attached hydrogens (tertiary/aromatic N) is 3. The van der Waals surface area contributed by atoms with Gasteiger partial charge in [-0.2, -0.15) is 0 Å². The van der Waals surface area contributed by atoms with E-state index in [4.69, 9.17) is 5.53 Å². The fourth-order valence-corrected chi connectivity index (χ4v) is 3.19. The van der Waals surface area contributed by atoms with Crippen LogP contribution in [0, 0.1) is 0 Å². The van der Waals surface area contributed by atoms with Gasteiger partial charge in [-0.05, 0) is 29.8 Å². The van der Waals surface area contributed by atoms with Gasteiger partial charge >= 0.3 is 0 Å². The number of hydrogen-bond acceptors (Lipinski definition) is 1. The van der Waals surface area contributed by atoms with Gasteiger partial charge in [0.15, 0.2) is 8.07 Å². The van der Waals surface area contributed by atoms with Crippen molar-refractivity contribution in [3.8, 4) is 0 Å². The molecular weight excluding hydrogens is 217 g/mol. The summed E-state index contributed by atoms with van der Waals surface area (Å²) in [6, 6.07) is 19.8. The molecule has 2 aromatic rings. The van der Waals surface area contributed by atoms with Crippen LogP contribution in [0.1, 0.15) is 0 Å².